The maximum atomic E-state index is 8.92. The van der Waals surface area contributed by atoms with Crippen LogP contribution < -0.4 is 10.1 Å². The van der Waals surface area contributed by atoms with E-state index in [0.717, 1.165) is 16.7 Å². The molecule has 0 amide bonds. The van der Waals surface area contributed by atoms with Crippen molar-refractivity contribution >= 4 is 16.5 Å². The van der Waals surface area contributed by atoms with Gasteiger partial charge in [0, 0.05) is 6.54 Å². The minimum absolute atomic E-state index is 0.321. The van der Waals surface area contributed by atoms with Crippen LogP contribution in [0.2, 0.25) is 0 Å². The summed E-state index contributed by atoms with van der Waals surface area (Å²) in [6.45, 7) is 3.13. The van der Waals surface area contributed by atoms with E-state index < -0.39 is 0 Å². The molecule has 0 aliphatic rings. The van der Waals surface area contributed by atoms with Crippen molar-refractivity contribution in [2.24, 2.45) is 0 Å². The number of aromatic nitrogens is 2. The van der Waals surface area contributed by atoms with Crippen molar-refractivity contribution in [2.75, 3.05) is 11.9 Å². The molecule has 5 nitrogen and oxygen atoms in total. The summed E-state index contributed by atoms with van der Waals surface area (Å²) < 4.78 is 5.56. The van der Waals surface area contributed by atoms with Gasteiger partial charge in [-0.05, 0) is 19.1 Å². The summed E-state index contributed by atoms with van der Waals surface area (Å²) in [5.74, 6) is 0.570. The second-order valence-corrected chi connectivity index (χ2v) is 4.49. The third-order valence-electron chi connectivity index (χ3n) is 2.15. The van der Waals surface area contributed by atoms with E-state index in [1.54, 1.807) is 18.2 Å². The van der Waals surface area contributed by atoms with Gasteiger partial charge in [0.1, 0.15) is 18.4 Å². The van der Waals surface area contributed by atoms with Crippen molar-refractivity contribution in [2.45, 2.75) is 13.5 Å². The van der Waals surface area contributed by atoms with E-state index in [1.165, 1.54) is 11.3 Å². The highest BCUT2D eigenvalue weighted by Crippen LogP contribution is 2.20. The maximum absolute atomic E-state index is 8.92. The van der Waals surface area contributed by atoms with Crippen LogP contribution in [0, 0.1) is 11.3 Å². The minimum Gasteiger partial charge on any atom is -0.485 e. The van der Waals surface area contributed by atoms with Gasteiger partial charge in [0.15, 0.2) is 5.01 Å². The van der Waals surface area contributed by atoms with Crippen LogP contribution in [0.25, 0.3) is 0 Å². The van der Waals surface area contributed by atoms with Gasteiger partial charge in [-0.1, -0.05) is 23.5 Å². The van der Waals surface area contributed by atoms with Crippen LogP contribution in [-0.2, 0) is 6.61 Å². The summed E-state index contributed by atoms with van der Waals surface area (Å²) in [6.07, 6.45) is 0. The molecule has 0 unspecified atom stereocenters. The molecule has 0 spiro atoms. The van der Waals surface area contributed by atoms with E-state index >= 15 is 0 Å². The predicted octanol–water partition coefficient (Wildman–Crippen LogP) is 2.42. The highest BCUT2D eigenvalue weighted by atomic mass is 32.1. The van der Waals surface area contributed by atoms with E-state index in [2.05, 4.69) is 21.6 Å². The first-order valence-corrected chi connectivity index (χ1v) is 6.33. The Morgan fingerprint density at radius 2 is 2.22 bits per heavy atom. The number of nitrogens with one attached hydrogen (secondary N) is 1. The second kappa shape index (κ2) is 5.98. The lowest BCUT2D eigenvalue weighted by Gasteiger charge is -2.04. The Morgan fingerprint density at radius 3 is 3.00 bits per heavy atom. The van der Waals surface area contributed by atoms with Crippen LogP contribution in [0.4, 0.5) is 5.13 Å². The van der Waals surface area contributed by atoms with Crippen LogP contribution in [0.1, 0.15) is 17.5 Å². The Bertz CT molecular complexity index is 561. The summed E-state index contributed by atoms with van der Waals surface area (Å²) in [6, 6.07) is 9.22. The van der Waals surface area contributed by atoms with Crippen LogP contribution in [0.5, 0.6) is 5.75 Å². The van der Waals surface area contributed by atoms with Crippen molar-refractivity contribution in [1.29, 1.82) is 5.26 Å². The lowest BCUT2D eigenvalue weighted by Crippen LogP contribution is -1.96. The minimum atomic E-state index is 0.321. The smallest absolute Gasteiger partial charge is 0.205 e. The van der Waals surface area contributed by atoms with Crippen molar-refractivity contribution in [1.82, 2.24) is 10.2 Å². The van der Waals surface area contributed by atoms with Gasteiger partial charge in [0.2, 0.25) is 5.13 Å². The lowest BCUT2D eigenvalue weighted by atomic mass is 10.2. The molecular formula is C12H12N4OS. The quantitative estimate of drug-likeness (QED) is 0.894. The van der Waals surface area contributed by atoms with E-state index in [0.29, 0.717) is 17.9 Å². The Hall–Kier alpha value is -2.13. The fraction of sp³-hybridized carbons (Fsp3) is 0.250. The Labute approximate surface area is 109 Å². The van der Waals surface area contributed by atoms with Crippen molar-refractivity contribution in [3.05, 3.63) is 34.8 Å². The van der Waals surface area contributed by atoms with E-state index in [9.17, 15) is 0 Å². The first kappa shape index (κ1) is 12.3. The molecule has 6 heteroatoms. The number of nitrogens with zero attached hydrogens (tertiary/aromatic N) is 3. The lowest BCUT2D eigenvalue weighted by molar-refractivity contribution is 0.303. The van der Waals surface area contributed by atoms with Gasteiger partial charge < -0.3 is 10.1 Å². The third-order valence-corrected chi connectivity index (χ3v) is 3.01. The number of hydrogen-bond donors (Lipinski definition) is 1. The average Bonchev–Trinajstić information content (AvgIpc) is 2.85. The molecule has 0 radical (unpaired) electrons. The Kier molecular flexibility index (Phi) is 4.10. The highest BCUT2D eigenvalue weighted by molar-refractivity contribution is 7.15. The molecule has 0 aliphatic carbocycles. The summed E-state index contributed by atoms with van der Waals surface area (Å²) >= 11 is 1.45. The molecule has 18 heavy (non-hydrogen) atoms. The van der Waals surface area contributed by atoms with Crippen molar-refractivity contribution in [3.8, 4) is 11.8 Å². The normalized spacial score (nSPS) is 9.78. The molecule has 0 saturated carbocycles. The fourth-order valence-electron chi connectivity index (χ4n) is 1.36. The SMILES string of the molecule is CCNc1nnc(COc2ccccc2C#N)s1. The molecule has 2 rings (SSSR count). The number of ether oxygens (including phenoxy) is 1. The van der Waals surface area contributed by atoms with Gasteiger partial charge in [0.25, 0.3) is 0 Å². The van der Waals surface area contributed by atoms with Gasteiger partial charge in [-0.2, -0.15) is 5.26 Å². The average molecular weight is 260 g/mol. The number of anilines is 1. The molecule has 0 aliphatic heterocycles. The van der Waals surface area contributed by atoms with E-state index in [-0.39, 0.29) is 0 Å². The first-order chi connectivity index (χ1) is 8.83. The Morgan fingerprint density at radius 1 is 1.39 bits per heavy atom. The number of hydrogen-bond acceptors (Lipinski definition) is 6. The number of rotatable bonds is 5. The van der Waals surface area contributed by atoms with Crippen LogP contribution >= 0.6 is 11.3 Å². The second-order valence-electron chi connectivity index (χ2n) is 3.43. The zero-order valence-electron chi connectivity index (χ0n) is 9.88. The molecule has 0 atom stereocenters. The van der Waals surface area contributed by atoms with Gasteiger partial charge in [-0.15, -0.1) is 10.2 Å². The van der Waals surface area contributed by atoms with Gasteiger partial charge in [-0.25, -0.2) is 0 Å². The number of benzene rings is 1. The molecule has 2 aromatic rings. The van der Waals surface area contributed by atoms with Gasteiger partial charge >= 0.3 is 0 Å². The van der Waals surface area contributed by atoms with Crippen LogP contribution in [0.3, 0.4) is 0 Å². The zero-order chi connectivity index (χ0) is 12.8. The largest absolute Gasteiger partial charge is 0.485 e. The molecule has 0 saturated heterocycles. The van der Waals surface area contributed by atoms with Crippen LogP contribution in [-0.4, -0.2) is 16.7 Å². The molecule has 1 aromatic carbocycles. The van der Waals surface area contributed by atoms with E-state index in [1.807, 2.05) is 13.0 Å². The number of para-hydroxylation sites is 1. The monoisotopic (exact) mass is 260 g/mol. The molecule has 0 bridgehead atoms. The summed E-state index contributed by atoms with van der Waals surface area (Å²) in [7, 11) is 0. The number of nitriles is 1. The first-order valence-electron chi connectivity index (χ1n) is 5.51. The maximum Gasteiger partial charge on any atom is 0.205 e. The summed E-state index contributed by atoms with van der Waals surface area (Å²) in [5, 5.41) is 21.5. The van der Waals surface area contributed by atoms with Gasteiger partial charge in [-0.3, -0.25) is 0 Å². The molecule has 1 N–H and O–H groups in total. The predicted molar refractivity (Wildman–Crippen MR) is 69.6 cm³/mol. The van der Waals surface area contributed by atoms with Crippen molar-refractivity contribution < 1.29 is 4.74 Å². The third kappa shape index (κ3) is 2.96. The summed E-state index contributed by atoms with van der Waals surface area (Å²) in [4.78, 5) is 0. The Balaban J connectivity index is 2.00. The molecule has 0 fully saturated rings. The van der Waals surface area contributed by atoms with Gasteiger partial charge in [0.05, 0.1) is 5.56 Å². The fourth-order valence-corrected chi connectivity index (χ4v) is 2.08. The van der Waals surface area contributed by atoms with E-state index in [4.69, 9.17) is 10.00 Å². The molecular weight excluding hydrogens is 248 g/mol. The van der Waals surface area contributed by atoms with Crippen molar-refractivity contribution in [3.63, 3.8) is 0 Å². The highest BCUT2D eigenvalue weighted by Gasteiger charge is 2.06. The van der Waals surface area contributed by atoms with Crippen LogP contribution in [0.15, 0.2) is 24.3 Å². The topological polar surface area (TPSA) is 70.8 Å². The zero-order valence-corrected chi connectivity index (χ0v) is 10.7. The molecule has 92 valence electrons. The molecule has 1 heterocycles. The summed E-state index contributed by atoms with van der Waals surface area (Å²) in [5.41, 5.74) is 0.522. The molecule has 1 aromatic heterocycles. The standard InChI is InChI=1S/C12H12N4OS/c1-2-14-12-16-15-11(18-12)8-17-10-6-4-3-5-9(10)7-13/h3-6H,2,8H2,1H3,(H,14,16).